The molecule has 0 bridgehead atoms. The molecular weight excluding hydrogens is 248 g/mol. The topological polar surface area (TPSA) is 69.9 Å². The lowest BCUT2D eigenvalue weighted by Crippen LogP contribution is -2.05. The van der Waals surface area contributed by atoms with Crippen LogP contribution in [0.15, 0.2) is 24.5 Å². The van der Waals surface area contributed by atoms with E-state index in [0.717, 1.165) is 0 Å². The molecule has 0 aliphatic heterocycles. The maximum absolute atomic E-state index is 11.6. The second-order valence-electron chi connectivity index (χ2n) is 3.75. The molecule has 0 saturated heterocycles. The molecule has 0 N–H and O–H groups in total. The molecule has 0 fully saturated rings. The molecule has 0 saturated carbocycles. The quantitative estimate of drug-likeness (QED) is 0.784. The molecular formula is C13H14N2O4. The number of carbonyl (C=O) groups is 2. The van der Waals surface area contributed by atoms with Gasteiger partial charge in [0, 0.05) is 12.4 Å². The fourth-order valence-electron chi connectivity index (χ4n) is 1.63. The van der Waals surface area contributed by atoms with E-state index < -0.39 is 11.9 Å². The molecule has 19 heavy (non-hydrogen) atoms. The van der Waals surface area contributed by atoms with Crippen molar-refractivity contribution in [3.8, 4) is 0 Å². The van der Waals surface area contributed by atoms with E-state index in [1.54, 1.807) is 36.6 Å². The molecule has 0 radical (unpaired) electrons. The van der Waals surface area contributed by atoms with Crippen molar-refractivity contribution in [3.05, 3.63) is 35.8 Å². The molecule has 0 spiro atoms. The molecule has 6 nitrogen and oxygen atoms in total. The van der Waals surface area contributed by atoms with E-state index >= 15 is 0 Å². The van der Waals surface area contributed by atoms with Gasteiger partial charge in [-0.15, -0.1) is 0 Å². The highest BCUT2D eigenvalue weighted by atomic mass is 16.5. The number of aromatic nitrogens is 2. The number of ether oxygens (including phenoxy) is 2. The minimum Gasteiger partial charge on any atom is -0.462 e. The maximum Gasteiger partial charge on any atom is 0.358 e. The Morgan fingerprint density at radius 3 is 2.47 bits per heavy atom. The fraction of sp³-hybridized carbons (Fsp3) is 0.308. The van der Waals surface area contributed by atoms with E-state index in [1.165, 1.54) is 6.20 Å². The maximum atomic E-state index is 11.6. The minimum atomic E-state index is -0.483. The Labute approximate surface area is 110 Å². The molecule has 0 aromatic carbocycles. The normalized spacial score (nSPS) is 10.4. The van der Waals surface area contributed by atoms with Crippen LogP contribution in [-0.4, -0.2) is 34.5 Å². The van der Waals surface area contributed by atoms with Crippen molar-refractivity contribution in [1.82, 2.24) is 9.38 Å². The summed E-state index contributed by atoms with van der Waals surface area (Å²) >= 11 is 0. The van der Waals surface area contributed by atoms with Crippen molar-refractivity contribution in [1.29, 1.82) is 0 Å². The number of carbonyl (C=O) groups excluding carboxylic acids is 2. The third-order valence-corrected chi connectivity index (χ3v) is 2.45. The lowest BCUT2D eigenvalue weighted by atomic mass is 10.3. The number of rotatable bonds is 4. The van der Waals surface area contributed by atoms with Gasteiger partial charge in [-0.3, -0.25) is 0 Å². The molecule has 0 aliphatic rings. The van der Waals surface area contributed by atoms with Crippen LogP contribution in [0.25, 0.3) is 5.65 Å². The van der Waals surface area contributed by atoms with Crippen LogP contribution in [0.2, 0.25) is 0 Å². The number of imidazole rings is 1. The van der Waals surface area contributed by atoms with E-state index in [-0.39, 0.29) is 5.69 Å². The van der Waals surface area contributed by atoms with Crippen LogP contribution in [-0.2, 0) is 9.47 Å². The average molecular weight is 262 g/mol. The molecule has 2 aromatic rings. The Bertz CT molecular complexity index is 602. The molecule has 2 heterocycles. The van der Waals surface area contributed by atoms with Crippen LogP contribution in [0.4, 0.5) is 0 Å². The van der Waals surface area contributed by atoms with Gasteiger partial charge in [-0.2, -0.15) is 0 Å². The van der Waals surface area contributed by atoms with Crippen molar-refractivity contribution < 1.29 is 19.1 Å². The zero-order chi connectivity index (χ0) is 13.8. The number of esters is 2. The number of fused-ring (bicyclic) bond motifs is 1. The van der Waals surface area contributed by atoms with Gasteiger partial charge in [-0.1, -0.05) is 0 Å². The summed E-state index contributed by atoms with van der Waals surface area (Å²) in [5.41, 5.74) is 1.18. The summed E-state index contributed by atoms with van der Waals surface area (Å²) in [4.78, 5) is 27.2. The van der Waals surface area contributed by atoms with Crippen LogP contribution in [0.5, 0.6) is 0 Å². The largest absolute Gasteiger partial charge is 0.462 e. The van der Waals surface area contributed by atoms with Gasteiger partial charge in [0.05, 0.1) is 18.8 Å². The second-order valence-corrected chi connectivity index (χ2v) is 3.75. The monoisotopic (exact) mass is 262 g/mol. The summed E-state index contributed by atoms with van der Waals surface area (Å²) in [6.45, 7) is 4.08. The third kappa shape index (κ3) is 2.73. The first-order valence-corrected chi connectivity index (χ1v) is 5.98. The van der Waals surface area contributed by atoms with Crippen molar-refractivity contribution in [2.45, 2.75) is 13.8 Å². The highest BCUT2D eigenvalue weighted by Crippen LogP contribution is 2.10. The predicted octanol–water partition coefficient (Wildman–Crippen LogP) is 1.69. The van der Waals surface area contributed by atoms with Crippen LogP contribution >= 0.6 is 0 Å². The van der Waals surface area contributed by atoms with Gasteiger partial charge in [-0.05, 0) is 26.0 Å². The zero-order valence-electron chi connectivity index (χ0n) is 10.8. The summed E-state index contributed by atoms with van der Waals surface area (Å²) in [5, 5.41) is 0. The van der Waals surface area contributed by atoms with E-state index in [1.807, 2.05) is 0 Å². The standard InChI is InChI=1S/C13H14N2O4/c1-3-18-12(16)9-5-6-11-14-10(8-15(11)7-9)13(17)19-4-2/h5-8H,3-4H2,1-2H3. The Kier molecular flexibility index (Phi) is 3.79. The Hall–Kier alpha value is -2.37. The lowest BCUT2D eigenvalue weighted by molar-refractivity contribution is 0.0514. The first-order chi connectivity index (χ1) is 9.15. The molecule has 0 unspecified atom stereocenters. The second kappa shape index (κ2) is 5.51. The average Bonchev–Trinajstić information content (AvgIpc) is 2.82. The number of hydrogen-bond donors (Lipinski definition) is 0. The molecule has 2 aromatic heterocycles. The van der Waals surface area contributed by atoms with Crippen LogP contribution in [0.3, 0.4) is 0 Å². The lowest BCUT2D eigenvalue weighted by Gasteiger charge is -2.01. The van der Waals surface area contributed by atoms with E-state index in [4.69, 9.17) is 9.47 Å². The van der Waals surface area contributed by atoms with E-state index in [0.29, 0.717) is 24.4 Å². The molecule has 100 valence electrons. The van der Waals surface area contributed by atoms with Crippen LogP contribution < -0.4 is 0 Å². The molecule has 2 rings (SSSR count). The number of nitrogens with zero attached hydrogens (tertiary/aromatic N) is 2. The first-order valence-electron chi connectivity index (χ1n) is 5.98. The fourth-order valence-corrected chi connectivity index (χ4v) is 1.63. The molecule has 6 heteroatoms. The van der Waals surface area contributed by atoms with Crippen molar-refractivity contribution >= 4 is 17.6 Å². The molecule has 0 amide bonds. The highest BCUT2D eigenvalue weighted by Gasteiger charge is 2.13. The first kappa shape index (κ1) is 13.1. The Morgan fingerprint density at radius 2 is 1.79 bits per heavy atom. The highest BCUT2D eigenvalue weighted by molar-refractivity contribution is 5.90. The summed E-state index contributed by atoms with van der Waals surface area (Å²) < 4.78 is 11.4. The van der Waals surface area contributed by atoms with Gasteiger partial charge in [-0.25, -0.2) is 14.6 Å². The predicted molar refractivity (Wildman–Crippen MR) is 67.1 cm³/mol. The third-order valence-electron chi connectivity index (χ3n) is 2.45. The molecule has 0 aliphatic carbocycles. The minimum absolute atomic E-state index is 0.211. The van der Waals surface area contributed by atoms with E-state index in [2.05, 4.69) is 4.98 Å². The van der Waals surface area contributed by atoms with Gasteiger partial charge < -0.3 is 13.9 Å². The number of hydrogen-bond acceptors (Lipinski definition) is 5. The van der Waals surface area contributed by atoms with Crippen LogP contribution in [0, 0.1) is 0 Å². The van der Waals surface area contributed by atoms with Crippen molar-refractivity contribution in [2.24, 2.45) is 0 Å². The summed E-state index contributed by atoms with van der Waals surface area (Å²) in [5.74, 6) is -0.889. The SMILES string of the molecule is CCOC(=O)c1ccc2nc(C(=O)OCC)cn2c1. The van der Waals surface area contributed by atoms with Gasteiger partial charge in [0.15, 0.2) is 5.69 Å². The Morgan fingerprint density at radius 1 is 1.11 bits per heavy atom. The van der Waals surface area contributed by atoms with Gasteiger partial charge in [0.2, 0.25) is 0 Å². The van der Waals surface area contributed by atoms with Crippen LogP contribution in [0.1, 0.15) is 34.7 Å². The summed E-state index contributed by atoms with van der Waals surface area (Å²) in [7, 11) is 0. The summed E-state index contributed by atoms with van der Waals surface area (Å²) in [6, 6.07) is 3.25. The van der Waals surface area contributed by atoms with E-state index in [9.17, 15) is 9.59 Å². The summed E-state index contributed by atoms with van der Waals surface area (Å²) in [6.07, 6.45) is 3.10. The van der Waals surface area contributed by atoms with Gasteiger partial charge in [0.25, 0.3) is 0 Å². The van der Waals surface area contributed by atoms with Gasteiger partial charge >= 0.3 is 11.9 Å². The number of pyridine rings is 1. The van der Waals surface area contributed by atoms with Crippen molar-refractivity contribution in [3.63, 3.8) is 0 Å². The Balaban J connectivity index is 2.33. The van der Waals surface area contributed by atoms with Crippen molar-refractivity contribution in [2.75, 3.05) is 13.2 Å². The van der Waals surface area contributed by atoms with Gasteiger partial charge in [0.1, 0.15) is 5.65 Å². The zero-order valence-corrected chi connectivity index (χ0v) is 10.8. The molecule has 0 atom stereocenters. The smallest absolute Gasteiger partial charge is 0.358 e.